The van der Waals surface area contributed by atoms with Crippen LogP contribution in [0.25, 0.3) is 0 Å². The van der Waals surface area contributed by atoms with Crippen molar-refractivity contribution in [2.75, 3.05) is 5.32 Å². The van der Waals surface area contributed by atoms with Crippen molar-refractivity contribution in [1.29, 1.82) is 0 Å². The normalized spacial score (nSPS) is 12.7. The Morgan fingerprint density at radius 2 is 1.65 bits per heavy atom. The van der Waals surface area contributed by atoms with E-state index in [1.54, 1.807) is 20.8 Å². The van der Waals surface area contributed by atoms with Gasteiger partial charge in [0.2, 0.25) is 0 Å². The summed E-state index contributed by atoms with van der Waals surface area (Å²) in [6, 6.07) is 0. The van der Waals surface area contributed by atoms with E-state index in [-0.39, 0.29) is 0 Å². The van der Waals surface area contributed by atoms with Gasteiger partial charge in [0.25, 0.3) is 0 Å². The van der Waals surface area contributed by atoms with Gasteiger partial charge < -0.3 is 10.4 Å². The zero-order valence-electron chi connectivity index (χ0n) is 11.2. The SMILES string of the molecule is Cc1nc(Cl)c(C)c(NC(C)(C)C(C)(C)O)n1. The molecule has 96 valence electrons. The Hall–Kier alpha value is -0.870. The van der Waals surface area contributed by atoms with Gasteiger partial charge in [0, 0.05) is 5.56 Å². The number of nitrogens with zero attached hydrogens (tertiary/aromatic N) is 2. The van der Waals surface area contributed by atoms with E-state index < -0.39 is 11.1 Å². The molecule has 4 nitrogen and oxygen atoms in total. The lowest BCUT2D eigenvalue weighted by Gasteiger charge is -2.38. The number of rotatable bonds is 3. The van der Waals surface area contributed by atoms with Crippen LogP contribution in [0, 0.1) is 13.8 Å². The van der Waals surface area contributed by atoms with E-state index >= 15 is 0 Å². The lowest BCUT2D eigenvalue weighted by molar-refractivity contribution is 0.0238. The molecule has 0 radical (unpaired) electrons. The van der Waals surface area contributed by atoms with Gasteiger partial charge >= 0.3 is 0 Å². The molecule has 0 aliphatic carbocycles. The van der Waals surface area contributed by atoms with Crippen molar-refractivity contribution in [3.05, 3.63) is 16.5 Å². The van der Waals surface area contributed by atoms with Crippen LogP contribution in [0.4, 0.5) is 5.82 Å². The van der Waals surface area contributed by atoms with Gasteiger partial charge in [-0.1, -0.05) is 11.6 Å². The summed E-state index contributed by atoms with van der Waals surface area (Å²) in [6.45, 7) is 11.0. The Bertz CT molecular complexity index is 424. The van der Waals surface area contributed by atoms with E-state index in [1.807, 2.05) is 20.8 Å². The maximum atomic E-state index is 10.1. The molecule has 0 fully saturated rings. The second kappa shape index (κ2) is 4.42. The van der Waals surface area contributed by atoms with E-state index in [9.17, 15) is 5.11 Å². The highest BCUT2D eigenvalue weighted by atomic mass is 35.5. The second-order valence-electron chi connectivity index (χ2n) is 5.34. The summed E-state index contributed by atoms with van der Waals surface area (Å²) < 4.78 is 0. The van der Waals surface area contributed by atoms with Crippen molar-refractivity contribution < 1.29 is 5.11 Å². The molecular formula is C12H20ClN3O. The third-order valence-corrected chi connectivity index (χ3v) is 3.53. The lowest BCUT2D eigenvalue weighted by atomic mass is 9.86. The topological polar surface area (TPSA) is 58.0 Å². The maximum absolute atomic E-state index is 10.1. The Morgan fingerprint density at radius 1 is 1.12 bits per heavy atom. The molecule has 0 aliphatic rings. The number of hydrogen-bond donors (Lipinski definition) is 2. The summed E-state index contributed by atoms with van der Waals surface area (Å²) in [6.07, 6.45) is 0. The maximum Gasteiger partial charge on any atom is 0.137 e. The molecule has 0 aromatic carbocycles. The number of aliphatic hydroxyl groups is 1. The largest absolute Gasteiger partial charge is 0.388 e. The highest BCUT2D eigenvalue weighted by Gasteiger charge is 2.35. The second-order valence-corrected chi connectivity index (χ2v) is 5.70. The molecule has 0 saturated carbocycles. The molecule has 1 aromatic heterocycles. The van der Waals surface area contributed by atoms with Crippen molar-refractivity contribution in [2.45, 2.75) is 52.7 Å². The first kappa shape index (κ1) is 14.2. The van der Waals surface area contributed by atoms with Crippen LogP contribution < -0.4 is 5.32 Å². The summed E-state index contributed by atoms with van der Waals surface area (Å²) in [5.74, 6) is 1.27. The minimum absolute atomic E-state index is 0.437. The Labute approximate surface area is 107 Å². The number of halogens is 1. The summed E-state index contributed by atoms with van der Waals surface area (Å²) in [5, 5.41) is 13.8. The van der Waals surface area contributed by atoms with E-state index in [0.717, 1.165) is 5.56 Å². The van der Waals surface area contributed by atoms with E-state index in [0.29, 0.717) is 16.8 Å². The molecule has 2 N–H and O–H groups in total. The zero-order valence-corrected chi connectivity index (χ0v) is 12.0. The van der Waals surface area contributed by atoms with Gasteiger partial charge in [-0.3, -0.25) is 0 Å². The van der Waals surface area contributed by atoms with Crippen LogP contribution in [0.3, 0.4) is 0 Å². The van der Waals surface area contributed by atoms with Crippen molar-refractivity contribution in [3.63, 3.8) is 0 Å². The van der Waals surface area contributed by atoms with E-state index in [1.165, 1.54) is 0 Å². The van der Waals surface area contributed by atoms with Crippen LogP contribution in [0.2, 0.25) is 5.15 Å². The van der Waals surface area contributed by atoms with Crippen LogP contribution in [-0.4, -0.2) is 26.2 Å². The summed E-state index contributed by atoms with van der Waals surface area (Å²) in [7, 11) is 0. The zero-order chi connectivity index (χ0) is 13.4. The molecule has 1 rings (SSSR count). The van der Waals surface area contributed by atoms with Crippen molar-refractivity contribution in [2.24, 2.45) is 0 Å². The number of nitrogens with one attached hydrogen (secondary N) is 1. The Kier molecular flexibility index (Phi) is 3.69. The molecule has 0 spiro atoms. The van der Waals surface area contributed by atoms with Crippen molar-refractivity contribution in [1.82, 2.24) is 9.97 Å². The highest BCUT2D eigenvalue weighted by molar-refractivity contribution is 6.30. The van der Waals surface area contributed by atoms with Crippen LogP contribution in [0.15, 0.2) is 0 Å². The first-order valence-corrected chi connectivity index (χ1v) is 5.93. The average molecular weight is 258 g/mol. The quantitative estimate of drug-likeness (QED) is 0.818. The molecule has 0 amide bonds. The lowest BCUT2D eigenvalue weighted by Crippen LogP contribution is -2.51. The van der Waals surface area contributed by atoms with Gasteiger partial charge in [-0.05, 0) is 41.5 Å². The third-order valence-electron chi connectivity index (χ3n) is 3.16. The Balaban J connectivity index is 3.12. The molecule has 1 aromatic rings. The molecule has 0 atom stereocenters. The first-order chi connectivity index (χ1) is 7.54. The van der Waals surface area contributed by atoms with Crippen LogP contribution in [0.1, 0.15) is 39.1 Å². The predicted octanol–water partition coefficient (Wildman–Crippen LogP) is 2.71. The molecule has 5 heteroatoms. The average Bonchev–Trinajstić information content (AvgIpc) is 2.11. The van der Waals surface area contributed by atoms with Gasteiger partial charge in [0.15, 0.2) is 0 Å². The summed E-state index contributed by atoms with van der Waals surface area (Å²) in [4.78, 5) is 8.39. The van der Waals surface area contributed by atoms with Crippen molar-refractivity contribution in [3.8, 4) is 0 Å². The molecule has 0 saturated heterocycles. The summed E-state index contributed by atoms with van der Waals surface area (Å²) in [5.41, 5.74) is -0.623. The van der Waals surface area contributed by atoms with Crippen LogP contribution >= 0.6 is 11.6 Å². The fraction of sp³-hybridized carbons (Fsp3) is 0.667. The van der Waals surface area contributed by atoms with E-state index in [2.05, 4.69) is 15.3 Å². The number of hydrogen-bond acceptors (Lipinski definition) is 4. The summed E-state index contributed by atoms with van der Waals surface area (Å²) >= 11 is 6.01. The molecule has 0 aliphatic heterocycles. The number of aryl methyl sites for hydroxylation is 1. The van der Waals surface area contributed by atoms with Crippen molar-refractivity contribution >= 4 is 17.4 Å². The number of aromatic nitrogens is 2. The number of anilines is 1. The molecule has 0 bridgehead atoms. The molecule has 1 heterocycles. The highest BCUT2D eigenvalue weighted by Crippen LogP contribution is 2.28. The van der Waals surface area contributed by atoms with Gasteiger partial charge in [0.05, 0.1) is 11.1 Å². The van der Waals surface area contributed by atoms with Gasteiger partial charge in [-0.2, -0.15) is 0 Å². The minimum atomic E-state index is -0.884. The fourth-order valence-corrected chi connectivity index (χ4v) is 1.38. The molecule has 17 heavy (non-hydrogen) atoms. The minimum Gasteiger partial charge on any atom is -0.388 e. The molecular weight excluding hydrogens is 238 g/mol. The van der Waals surface area contributed by atoms with Crippen LogP contribution in [-0.2, 0) is 0 Å². The van der Waals surface area contributed by atoms with E-state index in [4.69, 9.17) is 11.6 Å². The monoisotopic (exact) mass is 257 g/mol. The van der Waals surface area contributed by atoms with Gasteiger partial charge in [-0.15, -0.1) is 0 Å². The smallest absolute Gasteiger partial charge is 0.137 e. The van der Waals surface area contributed by atoms with Gasteiger partial charge in [-0.25, -0.2) is 9.97 Å². The Morgan fingerprint density at radius 3 is 2.12 bits per heavy atom. The van der Waals surface area contributed by atoms with Gasteiger partial charge in [0.1, 0.15) is 16.8 Å². The third kappa shape index (κ3) is 3.07. The fourth-order valence-electron chi connectivity index (χ4n) is 1.16. The standard InChI is InChI=1S/C12H20ClN3O/c1-7-9(13)14-8(2)15-10(7)16-11(3,4)12(5,6)17/h17H,1-6H3,(H,14,15,16). The van der Waals surface area contributed by atoms with Crippen LogP contribution in [0.5, 0.6) is 0 Å². The predicted molar refractivity (Wildman–Crippen MR) is 70.5 cm³/mol. The molecule has 0 unspecified atom stereocenters. The first-order valence-electron chi connectivity index (χ1n) is 5.56.